The highest BCUT2D eigenvalue weighted by molar-refractivity contribution is 7.91. The number of hydrogen-bond acceptors (Lipinski definition) is 7. The normalized spacial score (nSPS) is 23.2. The molecule has 0 bridgehead atoms. The van der Waals surface area contributed by atoms with E-state index in [4.69, 9.17) is 9.47 Å². The van der Waals surface area contributed by atoms with Crippen LogP contribution in [0.1, 0.15) is 29.5 Å². The first kappa shape index (κ1) is 17.8. The molecule has 10 heteroatoms. The zero-order valence-corrected chi connectivity index (χ0v) is 15.9. The number of aromatic nitrogens is 3. The predicted molar refractivity (Wildman–Crippen MR) is 96.2 cm³/mol. The lowest BCUT2D eigenvalue weighted by Crippen LogP contribution is -2.47. The molecule has 1 N–H and O–H groups in total. The molecule has 0 radical (unpaired) electrons. The summed E-state index contributed by atoms with van der Waals surface area (Å²) in [6, 6.07) is 5.37. The fraction of sp³-hybridized carbons (Fsp3) is 0.471. The minimum absolute atomic E-state index is 0.0684. The summed E-state index contributed by atoms with van der Waals surface area (Å²) in [4.78, 5) is 12.6. The molecule has 0 aliphatic carbocycles. The van der Waals surface area contributed by atoms with E-state index in [1.54, 1.807) is 30.7 Å². The minimum Gasteiger partial charge on any atom is -0.486 e. The summed E-state index contributed by atoms with van der Waals surface area (Å²) in [6.45, 7) is 4.45. The van der Waals surface area contributed by atoms with Crippen LogP contribution in [0.15, 0.2) is 18.2 Å². The van der Waals surface area contributed by atoms with Crippen LogP contribution in [0.25, 0.3) is 5.69 Å². The van der Waals surface area contributed by atoms with E-state index < -0.39 is 21.3 Å². The summed E-state index contributed by atoms with van der Waals surface area (Å²) in [5.41, 5.74) is 0.616. The number of rotatable bonds is 3. The molecular weight excluding hydrogens is 372 g/mol. The molecule has 0 spiro atoms. The lowest BCUT2D eigenvalue weighted by atomic mass is 10.0. The van der Waals surface area contributed by atoms with Crippen LogP contribution in [-0.4, -0.2) is 59.6 Å². The van der Waals surface area contributed by atoms with Crippen LogP contribution >= 0.6 is 0 Å². The summed E-state index contributed by atoms with van der Waals surface area (Å²) in [5.74, 6) is 0.851. The van der Waals surface area contributed by atoms with E-state index in [2.05, 4.69) is 15.6 Å². The Kier molecular flexibility index (Phi) is 4.10. The zero-order valence-electron chi connectivity index (χ0n) is 15.1. The molecule has 2 aliphatic heterocycles. The van der Waals surface area contributed by atoms with E-state index >= 15 is 0 Å². The molecule has 3 heterocycles. The van der Waals surface area contributed by atoms with Crippen molar-refractivity contribution in [3.05, 3.63) is 29.6 Å². The summed E-state index contributed by atoms with van der Waals surface area (Å²) >= 11 is 0. The van der Waals surface area contributed by atoms with Crippen molar-refractivity contribution in [1.82, 2.24) is 20.3 Å². The third-order valence-corrected chi connectivity index (χ3v) is 6.70. The third kappa shape index (κ3) is 3.36. The summed E-state index contributed by atoms with van der Waals surface area (Å²) < 4.78 is 36.1. The van der Waals surface area contributed by atoms with E-state index in [9.17, 15) is 13.2 Å². The van der Waals surface area contributed by atoms with Gasteiger partial charge in [-0.1, -0.05) is 5.21 Å². The molecule has 1 aromatic carbocycles. The van der Waals surface area contributed by atoms with Gasteiger partial charge in [0.25, 0.3) is 5.91 Å². The Balaban J connectivity index is 1.58. The standard InChI is InChI=1S/C17H20N4O5S/c1-11-15(16(22)18-17(2)5-8-27(23,24)10-17)19-20-21(11)12-3-4-13-14(9-12)26-7-6-25-13/h3-4,9H,5-8,10H2,1-2H3,(H,18,22). The molecule has 0 saturated carbocycles. The Labute approximate surface area is 156 Å². The number of sulfone groups is 1. The second kappa shape index (κ2) is 6.22. The molecule has 1 aromatic heterocycles. The average Bonchev–Trinajstić information content (AvgIpc) is 3.13. The summed E-state index contributed by atoms with van der Waals surface area (Å²) in [7, 11) is -3.12. The topological polar surface area (TPSA) is 112 Å². The quantitative estimate of drug-likeness (QED) is 0.816. The first-order valence-corrected chi connectivity index (χ1v) is 10.4. The van der Waals surface area contributed by atoms with Gasteiger partial charge in [0.1, 0.15) is 13.2 Å². The fourth-order valence-electron chi connectivity index (χ4n) is 3.39. The molecule has 1 atom stereocenters. The number of hydrogen-bond donors (Lipinski definition) is 1. The molecule has 1 saturated heterocycles. The smallest absolute Gasteiger partial charge is 0.274 e. The van der Waals surface area contributed by atoms with Crippen LogP contribution in [0.4, 0.5) is 0 Å². The fourth-order valence-corrected chi connectivity index (χ4v) is 5.48. The van der Waals surface area contributed by atoms with Gasteiger partial charge in [-0.2, -0.15) is 0 Å². The van der Waals surface area contributed by atoms with Crippen molar-refractivity contribution in [2.75, 3.05) is 24.7 Å². The van der Waals surface area contributed by atoms with E-state index in [-0.39, 0.29) is 17.2 Å². The van der Waals surface area contributed by atoms with Crippen molar-refractivity contribution >= 4 is 15.7 Å². The van der Waals surface area contributed by atoms with Gasteiger partial charge in [-0.25, -0.2) is 13.1 Å². The maximum atomic E-state index is 12.6. The van der Waals surface area contributed by atoms with Crippen molar-refractivity contribution < 1.29 is 22.7 Å². The van der Waals surface area contributed by atoms with Crippen molar-refractivity contribution in [2.45, 2.75) is 25.8 Å². The van der Waals surface area contributed by atoms with Gasteiger partial charge in [0.2, 0.25) is 0 Å². The summed E-state index contributed by atoms with van der Waals surface area (Å²) in [6.07, 6.45) is 0.385. The maximum absolute atomic E-state index is 12.6. The molecule has 1 fully saturated rings. The van der Waals surface area contributed by atoms with E-state index in [0.29, 0.717) is 42.5 Å². The summed E-state index contributed by atoms with van der Waals surface area (Å²) in [5, 5.41) is 10.9. The van der Waals surface area contributed by atoms with Gasteiger partial charge in [0, 0.05) is 6.07 Å². The number of amides is 1. The Hall–Kier alpha value is -2.62. The number of nitrogens with zero attached hydrogens (tertiary/aromatic N) is 3. The molecule has 2 aliphatic rings. The number of carbonyl (C=O) groups excluding carboxylic acids is 1. The van der Waals surface area contributed by atoms with Crippen molar-refractivity contribution in [2.24, 2.45) is 0 Å². The third-order valence-electron chi connectivity index (χ3n) is 4.80. The second-order valence-electron chi connectivity index (χ2n) is 7.12. The van der Waals surface area contributed by atoms with Gasteiger partial charge in [0.05, 0.1) is 28.4 Å². The van der Waals surface area contributed by atoms with Crippen LogP contribution in [0.3, 0.4) is 0 Å². The Morgan fingerprint density at radius 1 is 1.26 bits per heavy atom. The van der Waals surface area contributed by atoms with Gasteiger partial charge in [-0.15, -0.1) is 5.10 Å². The Morgan fingerprint density at radius 2 is 2.00 bits per heavy atom. The number of ether oxygens (including phenoxy) is 2. The number of nitrogens with one attached hydrogen (secondary N) is 1. The SMILES string of the molecule is Cc1c(C(=O)NC2(C)CCS(=O)(=O)C2)nnn1-c1ccc2c(c1)OCCO2. The lowest BCUT2D eigenvalue weighted by Gasteiger charge is -2.23. The van der Waals surface area contributed by atoms with Gasteiger partial charge >= 0.3 is 0 Å². The van der Waals surface area contributed by atoms with Crippen LogP contribution < -0.4 is 14.8 Å². The van der Waals surface area contributed by atoms with Crippen LogP contribution in [0, 0.1) is 6.92 Å². The Bertz CT molecular complexity index is 1020. The van der Waals surface area contributed by atoms with E-state index in [0.717, 1.165) is 0 Å². The highest BCUT2D eigenvalue weighted by Crippen LogP contribution is 2.32. The number of benzene rings is 1. The number of fused-ring (bicyclic) bond motifs is 1. The molecule has 4 rings (SSSR count). The largest absolute Gasteiger partial charge is 0.486 e. The van der Waals surface area contributed by atoms with Crippen molar-refractivity contribution in [3.8, 4) is 17.2 Å². The van der Waals surface area contributed by atoms with Crippen molar-refractivity contribution in [3.63, 3.8) is 0 Å². The molecule has 144 valence electrons. The Morgan fingerprint density at radius 3 is 2.70 bits per heavy atom. The molecule has 27 heavy (non-hydrogen) atoms. The van der Waals surface area contributed by atoms with Crippen LogP contribution in [-0.2, 0) is 9.84 Å². The van der Waals surface area contributed by atoms with Gasteiger partial charge in [-0.3, -0.25) is 4.79 Å². The molecule has 9 nitrogen and oxygen atoms in total. The molecule has 2 aromatic rings. The van der Waals surface area contributed by atoms with Crippen LogP contribution in [0.5, 0.6) is 11.5 Å². The first-order chi connectivity index (χ1) is 12.8. The monoisotopic (exact) mass is 392 g/mol. The first-order valence-electron chi connectivity index (χ1n) is 8.62. The molecule has 1 amide bonds. The van der Waals surface area contributed by atoms with Gasteiger partial charge < -0.3 is 14.8 Å². The van der Waals surface area contributed by atoms with E-state index in [1.165, 1.54) is 0 Å². The highest BCUT2D eigenvalue weighted by atomic mass is 32.2. The predicted octanol–water partition coefficient (Wildman–Crippen LogP) is 0.654. The van der Waals surface area contributed by atoms with Crippen molar-refractivity contribution in [1.29, 1.82) is 0 Å². The lowest BCUT2D eigenvalue weighted by molar-refractivity contribution is 0.0909. The minimum atomic E-state index is -3.12. The number of carbonyl (C=O) groups is 1. The molecular formula is C17H20N4O5S. The molecule has 1 unspecified atom stereocenters. The zero-order chi connectivity index (χ0) is 19.2. The van der Waals surface area contributed by atoms with Gasteiger partial charge in [0.15, 0.2) is 27.0 Å². The average molecular weight is 392 g/mol. The van der Waals surface area contributed by atoms with Gasteiger partial charge in [-0.05, 0) is 32.4 Å². The van der Waals surface area contributed by atoms with Crippen LogP contribution in [0.2, 0.25) is 0 Å². The maximum Gasteiger partial charge on any atom is 0.274 e. The second-order valence-corrected chi connectivity index (χ2v) is 9.30. The highest BCUT2D eigenvalue weighted by Gasteiger charge is 2.40. The van der Waals surface area contributed by atoms with E-state index in [1.807, 2.05) is 6.07 Å².